The minimum absolute atomic E-state index is 0.752. The lowest BCUT2D eigenvalue weighted by Crippen LogP contribution is -2.47. The smallest absolute Gasteiger partial charge is 0.0239 e. The number of aryl methyl sites for hydroxylation is 2. The van der Waals surface area contributed by atoms with Crippen LogP contribution in [0.2, 0.25) is 0 Å². The lowest BCUT2D eigenvalue weighted by atomic mass is 9.52. The molecule has 1 aromatic carbocycles. The van der Waals surface area contributed by atoms with Crippen molar-refractivity contribution in [3.63, 3.8) is 0 Å². The third-order valence-electron chi connectivity index (χ3n) is 19.9. The second-order valence-electron chi connectivity index (χ2n) is 23.2. The van der Waals surface area contributed by atoms with Crippen LogP contribution < -0.4 is 0 Å². The maximum atomic E-state index is 2.75. The van der Waals surface area contributed by atoms with Crippen LogP contribution in [0.5, 0.6) is 0 Å². The van der Waals surface area contributed by atoms with Crippen LogP contribution in [-0.4, -0.2) is 0 Å². The molecule has 0 heterocycles. The molecule has 19 unspecified atom stereocenters. The first kappa shape index (κ1) is 45.3. The number of benzene rings is 1. The van der Waals surface area contributed by atoms with E-state index >= 15 is 0 Å². The molecule has 4 aliphatic carbocycles. The number of hydrogen-bond acceptors (Lipinski definition) is 0. The summed E-state index contributed by atoms with van der Waals surface area (Å²) in [4.78, 5) is 0. The first-order chi connectivity index (χ1) is 25.9. The zero-order valence-corrected chi connectivity index (χ0v) is 40.1. The van der Waals surface area contributed by atoms with Gasteiger partial charge in [-0.05, 0) is 218 Å². The number of hydrogen-bond donors (Lipinski definition) is 0. The molecule has 0 aliphatic heterocycles. The van der Waals surface area contributed by atoms with Gasteiger partial charge < -0.3 is 0 Å². The Balaban J connectivity index is 1.48. The molecule has 0 N–H and O–H groups in total. The van der Waals surface area contributed by atoms with E-state index in [9.17, 15) is 0 Å². The van der Waals surface area contributed by atoms with E-state index in [0.29, 0.717) is 0 Å². The molecule has 0 amide bonds. The molecule has 1 aromatic rings. The topological polar surface area (TPSA) is 0 Å². The minimum atomic E-state index is 0.752. The second kappa shape index (κ2) is 19.1. The Morgan fingerprint density at radius 1 is 0.509 bits per heavy atom. The maximum Gasteiger partial charge on any atom is -0.0239 e. The summed E-state index contributed by atoms with van der Waals surface area (Å²) in [5.41, 5.74) is 6.73. The van der Waals surface area contributed by atoms with E-state index in [1.807, 2.05) is 0 Å². The van der Waals surface area contributed by atoms with E-state index in [0.717, 1.165) is 124 Å². The second-order valence-corrected chi connectivity index (χ2v) is 23.2. The van der Waals surface area contributed by atoms with E-state index in [1.54, 1.807) is 22.3 Å². The van der Waals surface area contributed by atoms with Crippen molar-refractivity contribution in [1.82, 2.24) is 0 Å². The molecule has 19 atom stereocenters. The normalized spacial score (nSPS) is 45.0. The summed E-state index contributed by atoms with van der Waals surface area (Å²) in [6.45, 7) is 44.6. The van der Waals surface area contributed by atoms with Crippen LogP contribution >= 0.6 is 0 Å². The summed E-state index contributed by atoms with van der Waals surface area (Å²) in [6.07, 6.45) is 15.5. The van der Waals surface area contributed by atoms with E-state index in [-0.39, 0.29) is 0 Å². The van der Waals surface area contributed by atoms with Crippen molar-refractivity contribution in [3.05, 3.63) is 34.4 Å². The molecular formula is C55H96. The SMILES string of the molecule is CCc1ccc(C)c2c1CC1C(CCC3C(C)CC(C)C(C(C)C)C(C)C(C)CC(C)C(C)C4CCCC4C(C)C(C(C)C)CC3C)C(C)C(C)C(C)C1C2. The predicted octanol–water partition coefficient (Wildman–Crippen LogP) is 16.1. The highest BCUT2D eigenvalue weighted by atomic mass is 14.5. The Bertz CT molecular complexity index is 1330. The van der Waals surface area contributed by atoms with Gasteiger partial charge in [0, 0.05) is 0 Å². The Morgan fingerprint density at radius 3 is 1.69 bits per heavy atom. The molecule has 55 heavy (non-hydrogen) atoms. The van der Waals surface area contributed by atoms with Crippen LogP contribution in [0, 0.1) is 131 Å². The first-order valence-electron chi connectivity index (χ1n) is 25.0. The highest BCUT2D eigenvalue weighted by Crippen LogP contribution is 2.55. The van der Waals surface area contributed by atoms with Crippen molar-refractivity contribution < 1.29 is 0 Å². The molecular weight excluding hydrogens is 661 g/mol. The molecule has 4 aliphatic rings. The Labute approximate surface area is 345 Å². The standard InChI is InChI=1S/C55H96/c1-18-45-23-22-33(6)51-29-52-43(16)41(14)42(15)49(54(52)30-53(45)51)25-24-46-36(9)27-38(11)55(32(4)5)40(13)35(8)26-34(7)39(12)47-20-19-21-48(47)44(17)50(31(2)3)28-37(46)10/h22-23,31-32,34-44,46-50,52,54-55H,18-21,24-30H2,1-17H3. The molecule has 0 spiro atoms. The van der Waals surface area contributed by atoms with Crippen LogP contribution in [0.15, 0.2) is 12.1 Å². The largest absolute Gasteiger partial charge is 0.0625 e. The van der Waals surface area contributed by atoms with E-state index in [2.05, 4.69) is 130 Å². The summed E-state index contributed by atoms with van der Waals surface area (Å²) in [5, 5.41) is 0. The van der Waals surface area contributed by atoms with Crippen molar-refractivity contribution in [2.75, 3.05) is 0 Å². The monoisotopic (exact) mass is 757 g/mol. The molecule has 0 heteroatoms. The molecule has 0 nitrogen and oxygen atoms in total. The van der Waals surface area contributed by atoms with E-state index in [4.69, 9.17) is 0 Å². The van der Waals surface area contributed by atoms with Gasteiger partial charge in [-0.3, -0.25) is 0 Å². The lowest BCUT2D eigenvalue weighted by Gasteiger charge is -2.53. The summed E-state index contributed by atoms with van der Waals surface area (Å²) < 4.78 is 0. The van der Waals surface area contributed by atoms with Crippen LogP contribution in [-0.2, 0) is 19.3 Å². The van der Waals surface area contributed by atoms with Gasteiger partial charge in [0.15, 0.2) is 0 Å². The fourth-order valence-electron chi connectivity index (χ4n) is 16.0. The molecule has 3 saturated carbocycles. The van der Waals surface area contributed by atoms with Crippen LogP contribution in [0.1, 0.15) is 184 Å². The third-order valence-corrected chi connectivity index (χ3v) is 19.9. The zero-order valence-electron chi connectivity index (χ0n) is 40.1. The molecule has 3 fully saturated rings. The summed E-state index contributed by atoms with van der Waals surface area (Å²) in [7, 11) is 0. The molecule has 5 rings (SSSR count). The van der Waals surface area contributed by atoms with E-state index < -0.39 is 0 Å². The predicted molar refractivity (Wildman–Crippen MR) is 243 cm³/mol. The van der Waals surface area contributed by atoms with Gasteiger partial charge in [-0.25, -0.2) is 0 Å². The average molecular weight is 757 g/mol. The minimum Gasteiger partial charge on any atom is -0.0625 e. The molecule has 0 aromatic heterocycles. The van der Waals surface area contributed by atoms with Gasteiger partial charge in [0.1, 0.15) is 0 Å². The van der Waals surface area contributed by atoms with Gasteiger partial charge in [0.05, 0.1) is 0 Å². The Morgan fingerprint density at radius 2 is 1.07 bits per heavy atom. The maximum absolute atomic E-state index is 2.75. The molecule has 0 saturated heterocycles. The van der Waals surface area contributed by atoms with Gasteiger partial charge in [-0.2, -0.15) is 0 Å². The molecule has 0 bridgehead atoms. The Kier molecular flexibility index (Phi) is 15.7. The van der Waals surface area contributed by atoms with Crippen molar-refractivity contribution in [3.8, 4) is 0 Å². The van der Waals surface area contributed by atoms with Crippen molar-refractivity contribution in [2.45, 2.75) is 188 Å². The molecule has 316 valence electrons. The highest BCUT2D eigenvalue weighted by molar-refractivity contribution is 5.43. The first-order valence-corrected chi connectivity index (χ1v) is 25.0. The highest BCUT2D eigenvalue weighted by Gasteiger charge is 2.48. The Hall–Kier alpha value is -0.780. The molecule has 0 radical (unpaired) electrons. The van der Waals surface area contributed by atoms with Crippen molar-refractivity contribution in [2.24, 2.45) is 124 Å². The van der Waals surface area contributed by atoms with E-state index in [1.165, 1.54) is 70.6 Å². The average Bonchev–Trinajstić information content (AvgIpc) is 3.63. The van der Waals surface area contributed by atoms with Crippen molar-refractivity contribution >= 4 is 0 Å². The zero-order chi connectivity index (χ0) is 40.6. The van der Waals surface area contributed by atoms with Crippen LogP contribution in [0.3, 0.4) is 0 Å². The summed E-state index contributed by atoms with van der Waals surface area (Å²) in [6, 6.07) is 4.93. The van der Waals surface area contributed by atoms with Gasteiger partial charge >= 0.3 is 0 Å². The summed E-state index contributed by atoms with van der Waals surface area (Å²) >= 11 is 0. The van der Waals surface area contributed by atoms with Gasteiger partial charge in [-0.1, -0.05) is 129 Å². The fraction of sp³-hybridized carbons (Fsp3) is 0.891. The number of fused-ring (bicyclic) bond motifs is 3. The lowest BCUT2D eigenvalue weighted by molar-refractivity contribution is -0.0140. The van der Waals surface area contributed by atoms with Gasteiger partial charge in [0.25, 0.3) is 0 Å². The fourth-order valence-corrected chi connectivity index (χ4v) is 16.0. The number of rotatable bonds is 6. The van der Waals surface area contributed by atoms with Crippen LogP contribution in [0.4, 0.5) is 0 Å². The van der Waals surface area contributed by atoms with Crippen LogP contribution in [0.25, 0.3) is 0 Å². The van der Waals surface area contributed by atoms with Gasteiger partial charge in [-0.15, -0.1) is 0 Å². The third kappa shape index (κ3) is 9.50. The van der Waals surface area contributed by atoms with Gasteiger partial charge in [0.2, 0.25) is 0 Å². The quantitative estimate of drug-likeness (QED) is 0.271. The summed E-state index contributed by atoms with van der Waals surface area (Å²) in [5.74, 6) is 17.4. The van der Waals surface area contributed by atoms with Crippen molar-refractivity contribution in [1.29, 1.82) is 0 Å².